The van der Waals surface area contributed by atoms with Crippen LogP contribution in [0.1, 0.15) is 19.3 Å². The number of hydrogen-bond acceptors (Lipinski definition) is 8. The molecular formula is C29H32N6O2. The SMILES string of the molecule is O=CC1C2C=CC(C2)C1Nc1nc(Nc2ccc(OCCN3CCCC3)cc2)ncc1-c1cccnc1. The summed E-state index contributed by atoms with van der Waals surface area (Å²) in [6.45, 7) is 4.02. The van der Waals surface area contributed by atoms with Crippen LogP contribution in [0.2, 0.25) is 0 Å². The number of nitrogens with zero attached hydrogens (tertiary/aromatic N) is 4. The first-order valence-electron chi connectivity index (χ1n) is 13.2. The van der Waals surface area contributed by atoms with Gasteiger partial charge in [0.05, 0.1) is 0 Å². The van der Waals surface area contributed by atoms with Crippen molar-refractivity contribution < 1.29 is 9.53 Å². The smallest absolute Gasteiger partial charge is 0.229 e. The average Bonchev–Trinajstić information content (AvgIpc) is 3.69. The maximum Gasteiger partial charge on any atom is 0.229 e. The van der Waals surface area contributed by atoms with E-state index in [1.54, 1.807) is 12.4 Å². The third-order valence-electron chi connectivity index (χ3n) is 7.73. The lowest BCUT2D eigenvalue weighted by Gasteiger charge is -2.26. The minimum atomic E-state index is -0.0545. The molecule has 1 saturated heterocycles. The zero-order valence-corrected chi connectivity index (χ0v) is 20.8. The Labute approximate surface area is 217 Å². The van der Waals surface area contributed by atoms with Crippen LogP contribution in [0.15, 0.2) is 67.1 Å². The Kier molecular flexibility index (Phi) is 6.82. The Morgan fingerprint density at radius 1 is 1.05 bits per heavy atom. The molecule has 3 heterocycles. The van der Waals surface area contributed by atoms with E-state index in [0.29, 0.717) is 30.2 Å². The third-order valence-corrected chi connectivity index (χ3v) is 7.73. The molecule has 8 heteroatoms. The second-order valence-corrected chi connectivity index (χ2v) is 10.1. The van der Waals surface area contributed by atoms with E-state index < -0.39 is 0 Å². The summed E-state index contributed by atoms with van der Waals surface area (Å²) in [4.78, 5) is 28.0. The number of likely N-dealkylation sites (tertiary alicyclic amines) is 1. The number of ether oxygens (including phenoxy) is 1. The summed E-state index contributed by atoms with van der Waals surface area (Å²) in [5.41, 5.74) is 2.66. The molecule has 37 heavy (non-hydrogen) atoms. The van der Waals surface area contributed by atoms with Crippen LogP contribution in [-0.2, 0) is 4.79 Å². The standard InChI is InChI=1S/C29H32N6O2/c36-19-26-20-5-6-21(16-20)27(26)33-28-25(22-4-3-11-30-17-22)18-31-29(34-28)32-23-7-9-24(10-8-23)37-15-14-35-12-1-2-13-35/h3-11,17-21,26-27H,1-2,12-16H2,(H2,31,32,33,34). The summed E-state index contributed by atoms with van der Waals surface area (Å²) in [5.74, 6) is 2.61. The van der Waals surface area contributed by atoms with Crippen molar-refractivity contribution in [1.82, 2.24) is 19.9 Å². The molecule has 2 bridgehead atoms. The quantitative estimate of drug-likeness (QED) is 0.312. The van der Waals surface area contributed by atoms with Gasteiger partial charge in [-0.2, -0.15) is 4.98 Å². The summed E-state index contributed by atoms with van der Waals surface area (Å²) in [7, 11) is 0. The van der Waals surface area contributed by atoms with Crippen molar-refractivity contribution in [1.29, 1.82) is 0 Å². The van der Waals surface area contributed by atoms with Crippen molar-refractivity contribution in [3.63, 3.8) is 0 Å². The van der Waals surface area contributed by atoms with Crippen LogP contribution < -0.4 is 15.4 Å². The van der Waals surface area contributed by atoms with Gasteiger partial charge < -0.3 is 20.2 Å². The van der Waals surface area contributed by atoms with E-state index in [2.05, 4.69) is 37.7 Å². The van der Waals surface area contributed by atoms with E-state index in [0.717, 1.165) is 41.8 Å². The second kappa shape index (κ2) is 10.7. The number of carbonyl (C=O) groups excluding carboxylic acids is 1. The Bertz CT molecular complexity index is 1240. The normalized spacial score (nSPS) is 24.3. The van der Waals surface area contributed by atoms with E-state index in [9.17, 15) is 4.79 Å². The van der Waals surface area contributed by atoms with Crippen molar-refractivity contribution in [2.45, 2.75) is 25.3 Å². The number of carbonyl (C=O) groups is 1. The van der Waals surface area contributed by atoms with Crippen molar-refractivity contribution in [3.05, 3.63) is 67.1 Å². The van der Waals surface area contributed by atoms with Gasteiger partial charge in [0.2, 0.25) is 5.95 Å². The van der Waals surface area contributed by atoms with Gasteiger partial charge in [0, 0.05) is 53.9 Å². The van der Waals surface area contributed by atoms with Gasteiger partial charge in [0.25, 0.3) is 0 Å². The number of aromatic nitrogens is 3. The fraction of sp³-hybridized carbons (Fsp3) is 0.379. The molecule has 190 valence electrons. The Hall–Kier alpha value is -3.78. The van der Waals surface area contributed by atoms with Gasteiger partial charge in [-0.05, 0) is 74.5 Å². The second-order valence-electron chi connectivity index (χ2n) is 10.1. The average molecular weight is 497 g/mol. The Balaban J connectivity index is 1.17. The number of aldehydes is 1. The highest BCUT2D eigenvalue weighted by atomic mass is 16.5. The van der Waals surface area contributed by atoms with E-state index >= 15 is 0 Å². The van der Waals surface area contributed by atoms with Crippen LogP contribution in [0, 0.1) is 17.8 Å². The fourth-order valence-corrected chi connectivity index (χ4v) is 5.75. The lowest BCUT2D eigenvalue weighted by atomic mass is 9.90. The zero-order valence-electron chi connectivity index (χ0n) is 20.8. The van der Waals surface area contributed by atoms with Crippen LogP contribution in [-0.4, -0.2) is 58.4 Å². The molecule has 2 aromatic heterocycles. The van der Waals surface area contributed by atoms with E-state index in [1.165, 1.54) is 25.9 Å². The molecule has 2 fully saturated rings. The summed E-state index contributed by atoms with van der Waals surface area (Å²) >= 11 is 0. The van der Waals surface area contributed by atoms with Gasteiger partial charge in [0.1, 0.15) is 24.5 Å². The van der Waals surface area contributed by atoms with Gasteiger partial charge in [-0.25, -0.2) is 4.98 Å². The molecule has 8 nitrogen and oxygen atoms in total. The zero-order chi connectivity index (χ0) is 25.0. The number of allylic oxidation sites excluding steroid dienone is 1. The molecule has 6 rings (SSSR count). The highest BCUT2D eigenvalue weighted by Gasteiger charge is 2.44. The predicted octanol–water partition coefficient (Wildman–Crippen LogP) is 4.56. The van der Waals surface area contributed by atoms with Crippen LogP contribution in [0.4, 0.5) is 17.5 Å². The number of rotatable bonds is 10. The molecule has 0 spiro atoms. The number of pyridine rings is 1. The maximum atomic E-state index is 11.9. The van der Waals surface area contributed by atoms with Crippen molar-refractivity contribution in [2.75, 3.05) is 36.9 Å². The lowest BCUT2D eigenvalue weighted by Crippen LogP contribution is -2.34. The minimum absolute atomic E-state index is 0.0164. The fourth-order valence-electron chi connectivity index (χ4n) is 5.75. The van der Waals surface area contributed by atoms with E-state index in [-0.39, 0.29) is 12.0 Å². The number of anilines is 3. The molecular weight excluding hydrogens is 464 g/mol. The summed E-state index contributed by atoms with van der Waals surface area (Å²) in [6.07, 6.45) is 14.4. The highest BCUT2D eigenvalue weighted by Crippen LogP contribution is 2.44. The monoisotopic (exact) mass is 496 g/mol. The molecule has 1 aromatic carbocycles. The van der Waals surface area contributed by atoms with Gasteiger partial charge in [-0.3, -0.25) is 9.88 Å². The first-order chi connectivity index (χ1) is 18.3. The largest absolute Gasteiger partial charge is 0.492 e. The van der Waals surface area contributed by atoms with E-state index in [4.69, 9.17) is 9.72 Å². The summed E-state index contributed by atoms with van der Waals surface area (Å²) in [6, 6.07) is 11.8. The molecule has 2 N–H and O–H groups in total. The van der Waals surface area contributed by atoms with Crippen LogP contribution in [0.3, 0.4) is 0 Å². The molecule has 0 radical (unpaired) electrons. The number of fused-ring (bicyclic) bond motifs is 2. The highest BCUT2D eigenvalue weighted by molar-refractivity contribution is 5.76. The maximum absolute atomic E-state index is 11.9. The molecule has 0 amide bonds. The lowest BCUT2D eigenvalue weighted by molar-refractivity contribution is -0.111. The summed E-state index contributed by atoms with van der Waals surface area (Å²) in [5, 5.41) is 6.91. The van der Waals surface area contributed by atoms with Crippen LogP contribution in [0.25, 0.3) is 11.1 Å². The van der Waals surface area contributed by atoms with Crippen LogP contribution in [0.5, 0.6) is 5.75 Å². The number of benzene rings is 1. The Morgan fingerprint density at radius 2 is 1.89 bits per heavy atom. The molecule has 3 aromatic rings. The predicted molar refractivity (Wildman–Crippen MR) is 144 cm³/mol. The molecule has 4 atom stereocenters. The molecule has 3 aliphatic rings. The topological polar surface area (TPSA) is 92.3 Å². The first kappa shape index (κ1) is 23.6. The van der Waals surface area contributed by atoms with E-state index in [1.807, 2.05) is 42.6 Å². The molecule has 1 aliphatic heterocycles. The summed E-state index contributed by atoms with van der Waals surface area (Å²) < 4.78 is 5.93. The van der Waals surface area contributed by atoms with Crippen molar-refractivity contribution >= 4 is 23.7 Å². The third kappa shape index (κ3) is 5.20. The van der Waals surface area contributed by atoms with Gasteiger partial charge in [-0.1, -0.05) is 18.2 Å². The Morgan fingerprint density at radius 3 is 2.68 bits per heavy atom. The molecule has 1 saturated carbocycles. The van der Waals surface area contributed by atoms with Gasteiger partial charge in [0.15, 0.2) is 0 Å². The number of nitrogens with one attached hydrogen (secondary N) is 2. The minimum Gasteiger partial charge on any atom is -0.492 e. The van der Waals surface area contributed by atoms with Crippen molar-refractivity contribution in [2.24, 2.45) is 17.8 Å². The molecule has 4 unspecified atom stereocenters. The number of hydrogen-bond donors (Lipinski definition) is 2. The van der Waals surface area contributed by atoms with Crippen molar-refractivity contribution in [3.8, 4) is 16.9 Å². The first-order valence-corrected chi connectivity index (χ1v) is 13.2. The molecule has 2 aliphatic carbocycles. The van der Waals surface area contributed by atoms with Crippen LogP contribution >= 0.6 is 0 Å². The van der Waals surface area contributed by atoms with Gasteiger partial charge >= 0.3 is 0 Å². The van der Waals surface area contributed by atoms with Gasteiger partial charge in [-0.15, -0.1) is 0 Å².